The molecule has 2 aromatic carbocycles. The van der Waals surface area contributed by atoms with Crippen LogP contribution in [0.5, 0.6) is 5.75 Å². The van der Waals surface area contributed by atoms with Crippen LogP contribution in [0.2, 0.25) is 0 Å². The molecule has 0 unspecified atom stereocenters. The number of nitrogens with one attached hydrogen (secondary N) is 1. The molecular formula is C23H30N2O4S. The van der Waals surface area contributed by atoms with Gasteiger partial charge in [0.15, 0.2) is 0 Å². The third-order valence-corrected chi connectivity index (χ3v) is 7.28. The van der Waals surface area contributed by atoms with Crippen LogP contribution in [-0.2, 0) is 16.4 Å². The Morgan fingerprint density at radius 1 is 1.03 bits per heavy atom. The first-order valence-corrected chi connectivity index (χ1v) is 12.0. The van der Waals surface area contributed by atoms with E-state index in [1.54, 1.807) is 29.6 Å². The highest BCUT2D eigenvalue weighted by molar-refractivity contribution is 7.89. The largest absolute Gasteiger partial charge is 0.497 e. The van der Waals surface area contributed by atoms with Crippen LogP contribution in [-0.4, -0.2) is 45.4 Å². The van der Waals surface area contributed by atoms with Crippen LogP contribution < -0.4 is 10.1 Å². The van der Waals surface area contributed by atoms with E-state index in [2.05, 4.69) is 5.32 Å². The summed E-state index contributed by atoms with van der Waals surface area (Å²) in [6.07, 6.45) is 5.52. The van der Waals surface area contributed by atoms with Crippen molar-refractivity contribution in [2.45, 2.75) is 43.4 Å². The minimum absolute atomic E-state index is 0.190. The number of amides is 1. The molecule has 0 bridgehead atoms. The molecule has 1 aliphatic heterocycles. The number of carbonyl (C=O) groups excluding carboxylic acids is 1. The summed E-state index contributed by atoms with van der Waals surface area (Å²) >= 11 is 0. The van der Waals surface area contributed by atoms with Gasteiger partial charge in [0.2, 0.25) is 10.0 Å². The average molecular weight is 431 g/mol. The Balaban J connectivity index is 1.56. The summed E-state index contributed by atoms with van der Waals surface area (Å²) in [6.45, 7) is 1.61. The second-order valence-electron chi connectivity index (χ2n) is 7.55. The Labute approximate surface area is 179 Å². The zero-order valence-corrected chi connectivity index (χ0v) is 18.3. The molecule has 7 heteroatoms. The van der Waals surface area contributed by atoms with Gasteiger partial charge >= 0.3 is 0 Å². The number of methoxy groups -OCH3 is 1. The fourth-order valence-electron chi connectivity index (χ4n) is 3.62. The van der Waals surface area contributed by atoms with Crippen molar-refractivity contribution in [2.24, 2.45) is 0 Å². The van der Waals surface area contributed by atoms with Crippen LogP contribution in [0.25, 0.3) is 0 Å². The standard InChI is InChI=1S/C23H30N2O4S/c1-29-21-13-11-19(12-14-21)8-7-15-24-23(26)20-9-6-10-22(18-20)30(27,28)25-16-4-2-3-5-17-25/h6,9-14,18H,2-5,7-8,15-17H2,1H3,(H,24,26). The third-order valence-electron chi connectivity index (χ3n) is 5.39. The molecule has 1 heterocycles. The molecule has 162 valence electrons. The Hall–Kier alpha value is -2.38. The molecule has 1 saturated heterocycles. The van der Waals surface area contributed by atoms with E-state index in [-0.39, 0.29) is 10.8 Å². The fourth-order valence-corrected chi connectivity index (χ4v) is 5.18. The van der Waals surface area contributed by atoms with Crippen molar-refractivity contribution in [1.82, 2.24) is 9.62 Å². The lowest BCUT2D eigenvalue weighted by atomic mass is 10.1. The molecule has 0 saturated carbocycles. The maximum Gasteiger partial charge on any atom is 0.251 e. The summed E-state index contributed by atoms with van der Waals surface area (Å²) in [4.78, 5) is 12.7. The topological polar surface area (TPSA) is 75.7 Å². The Morgan fingerprint density at radius 3 is 2.40 bits per heavy atom. The van der Waals surface area contributed by atoms with E-state index in [0.717, 1.165) is 44.3 Å². The van der Waals surface area contributed by atoms with Crippen LogP contribution in [0, 0.1) is 0 Å². The minimum atomic E-state index is -3.57. The lowest BCUT2D eigenvalue weighted by Gasteiger charge is -2.20. The van der Waals surface area contributed by atoms with Gasteiger partial charge in [-0.3, -0.25) is 4.79 Å². The van der Waals surface area contributed by atoms with Crippen LogP contribution in [0.3, 0.4) is 0 Å². The van der Waals surface area contributed by atoms with Crippen LogP contribution in [0.15, 0.2) is 53.4 Å². The number of ether oxygens (including phenoxy) is 1. The number of hydrogen-bond acceptors (Lipinski definition) is 4. The van der Waals surface area contributed by atoms with Gasteiger partial charge in [-0.05, 0) is 61.6 Å². The smallest absolute Gasteiger partial charge is 0.251 e. The summed E-state index contributed by atoms with van der Waals surface area (Å²) in [6, 6.07) is 14.2. The van der Waals surface area contributed by atoms with Gasteiger partial charge in [0.25, 0.3) is 5.91 Å². The van der Waals surface area contributed by atoms with Crippen LogP contribution in [0.1, 0.15) is 48.0 Å². The quantitative estimate of drug-likeness (QED) is 0.649. The summed E-state index contributed by atoms with van der Waals surface area (Å²) in [7, 11) is -1.93. The number of aryl methyl sites for hydroxylation is 1. The van der Waals surface area contributed by atoms with E-state index >= 15 is 0 Å². The normalized spacial score (nSPS) is 15.4. The Kier molecular flexibility index (Phi) is 7.87. The van der Waals surface area contributed by atoms with Gasteiger partial charge in [-0.2, -0.15) is 4.31 Å². The molecule has 1 amide bonds. The van der Waals surface area contributed by atoms with Crippen molar-refractivity contribution < 1.29 is 17.9 Å². The molecule has 0 aliphatic carbocycles. The molecular weight excluding hydrogens is 400 g/mol. The van der Waals surface area contributed by atoms with Crippen molar-refractivity contribution in [3.8, 4) is 5.75 Å². The highest BCUT2D eigenvalue weighted by Crippen LogP contribution is 2.21. The van der Waals surface area contributed by atoms with Gasteiger partial charge < -0.3 is 10.1 Å². The fraction of sp³-hybridized carbons (Fsp3) is 0.435. The molecule has 1 aliphatic rings. The zero-order valence-electron chi connectivity index (χ0n) is 17.5. The van der Waals surface area contributed by atoms with Gasteiger partial charge in [0, 0.05) is 25.2 Å². The Morgan fingerprint density at radius 2 is 1.73 bits per heavy atom. The molecule has 6 nitrogen and oxygen atoms in total. The SMILES string of the molecule is COc1ccc(CCCNC(=O)c2cccc(S(=O)(=O)N3CCCCCC3)c2)cc1. The second kappa shape index (κ2) is 10.6. The van der Waals surface area contributed by atoms with Gasteiger partial charge in [-0.1, -0.05) is 31.0 Å². The van der Waals surface area contributed by atoms with E-state index in [1.165, 1.54) is 11.6 Å². The summed E-state index contributed by atoms with van der Waals surface area (Å²) in [5, 5.41) is 2.89. The van der Waals surface area contributed by atoms with Gasteiger partial charge in [0.1, 0.15) is 5.75 Å². The summed E-state index contributed by atoms with van der Waals surface area (Å²) < 4.78 is 32.6. The molecule has 0 aromatic heterocycles. The molecule has 1 fully saturated rings. The maximum atomic E-state index is 13.0. The predicted molar refractivity (Wildman–Crippen MR) is 117 cm³/mol. The monoisotopic (exact) mass is 430 g/mol. The van der Waals surface area contributed by atoms with Crippen molar-refractivity contribution in [3.05, 3.63) is 59.7 Å². The molecule has 30 heavy (non-hydrogen) atoms. The van der Waals surface area contributed by atoms with Crippen molar-refractivity contribution in [3.63, 3.8) is 0 Å². The van der Waals surface area contributed by atoms with Gasteiger partial charge in [0.05, 0.1) is 12.0 Å². The van der Waals surface area contributed by atoms with E-state index in [9.17, 15) is 13.2 Å². The van der Waals surface area contributed by atoms with Gasteiger partial charge in [-0.25, -0.2) is 8.42 Å². The average Bonchev–Trinajstić information content (AvgIpc) is 3.07. The van der Waals surface area contributed by atoms with E-state index in [0.29, 0.717) is 25.2 Å². The van der Waals surface area contributed by atoms with E-state index in [1.807, 2.05) is 24.3 Å². The third kappa shape index (κ3) is 5.83. The van der Waals surface area contributed by atoms with Crippen molar-refractivity contribution in [1.29, 1.82) is 0 Å². The number of rotatable bonds is 8. The molecule has 1 N–H and O–H groups in total. The number of hydrogen-bond donors (Lipinski definition) is 1. The lowest BCUT2D eigenvalue weighted by molar-refractivity contribution is 0.0953. The van der Waals surface area contributed by atoms with E-state index < -0.39 is 10.0 Å². The van der Waals surface area contributed by atoms with Gasteiger partial charge in [-0.15, -0.1) is 0 Å². The van der Waals surface area contributed by atoms with Crippen LogP contribution in [0.4, 0.5) is 0 Å². The molecule has 0 spiro atoms. The number of sulfonamides is 1. The number of benzene rings is 2. The second-order valence-corrected chi connectivity index (χ2v) is 9.49. The van der Waals surface area contributed by atoms with Crippen molar-refractivity contribution >= 4 is 15.9 Å². The maximum absolute atomic E-state index is 13.0. The molecule has 3 rings (SSSR count). The summed E-state index contributed by atoms with van der Waals surface area (Å²) in [5.41, 5.74) is 1.55. The van der Waals surface area contributed by atoms with Crippen LogP contribution >= 0.6 is 0 Å². The highest BCUT2D eigenvalue weighted by atomic mass is 32.2. The number of nitrogens with zero attached hydrogens (tertiary/aromatic N) is 1. The lowest BCUT2D eigenvalue weighted by Crippen LogP contribution is -2.32. The first kappa shape index (κ1) is 22.3. The molecule has 2 aromatic rings. The molecule has 0 atom stereocenters. The first-order valence-electron chi connectivity index (χ1n) is 10.5. The van der Waals surface area contributed by atoms with E-state index in [4.69, 9.17) is 4.74 Å². The zero-order chi connectivity index (χ0) is 21.4. The number of carbonyl (C=O) groups is 1. The predicted octanol–water partition coefficient (Wildman–Crippen LogP) is 3.62. The first-order chi connectivity index (χ1) is 14.5. The molecule has 0 radical (unpaired) electrons. The van der Waals surface area contributed by atoms with Crippen molar-refractivity contribution in [2.75, 3.05) is 26.7 Å². The summed E-state index contributed by atoms with van der Waals surface area (Å²) in [5.74, 6) is 0.569. The Bertz CT molecular complexity index is 934. The minimum Gasteiger partial charge on any atom is -0.497 e. The highest BCUT2D eigenvalue weighted by Gasteiger charge is 2.25.